The SMILES string of the molecule is Cc1nc2c3ccccc3nc(SC(C)C(=O)Nc3ccc(OC(F)(F)F)cc3)n2n1. The van der Waals surface area contributed by atoms with E-state index in [2.05, 4.69) is 25.1 Å². The van der Waals surface area contributed by atoms with Crippen molar-refractivity contribution in [3.63, 3.8) is 0 Å². The van der Waals surface area contributed by atoms with Crippen LogP contribution in [-0.2, 0) is 4.79 Å². The van der Waals surface area contributed by atoms with Gasteiger partial charge in [-0.2, -0.15) is 4.52 Å². The minimum Gasteiger partial charge on any atom is -0.406 e. The van der Waals surface area contributed by atoms with Gasteiger partial charge in [-0.05, 0) is 50.2 Å². The summed E-state index contributed by atoms with van der Waals surface area (Å²) in [4.78, 5) is 21.7. The first-order valence-corrected chi connectivity index (χ1v) is 10.0. The number of amides is 1. The van der Waals surface area contributed by atoms with Crippen LogP contribution in [0.15, 0.2) is 53.7 Å². The maximum absolute atomic E-state index is 12.6. The van der Waals surface area contributed by atoms with Crippen LogP contribution in [0.2, 0.25) is 0 Å². The molecular formula is C20H16F3N5O2S. The van der Waals surface area contributed by atoms with Gasteiger partial charge in [0.25, 0.3) is 0 Å². The third-order valence-corrected chi connectivity index (χ3v) is 5.30. The topological polar surface area (TPSA) is 81.4 Å². The number of ether oxygens (including phenoxy) is 1. The molecule has 0 spiro atoms. The fourth-order valence-corrected chi connectivity index (χ4v) is 3.77. The van der Waals surface area contributed by atoms with E-state index in [-0.39, 0.29) is 11.7 Å². The highest BCUT2D eigenvalue weighted by Crippen LogP contribution is 2.28. The van der Waals surface area contributed by atoms with Gasteiger partial charge in [-0.3, -0.25) is 4.79 Å². The highest BCUT2D eigenvalue weighted by atomic mass is 32.2. The molecule has 4 aromatic rings. The molecule has 4 rings (SSSR count). The highest BCUT2D eigenvalue weighted by molar-refractivity contribution is 8.00. The number of nitrogens with one attached hydrogen (secondary N) is 1. The largest absolute Gasteiger partial charge is 0.573 e. The van der Waals surface area contributed by atoms with Gasteiger partial charge in [0, 0.05) is 11.1 Å². The minimum absolute atomic E-state index is 0.338. The van der Waals surface area contributed by atoms with Crippen LogP contribution < -0.4 is 10.1 Å². The molecule has 0 aliphatic heterocycles. The van der Waals surface area contributed by atoms with Crippen molar-refractivity contribution in [1.29, 1.82) is 0 Å². The number of hydrogen-bond acceptors (Lipinski definition) is 6. The molecule has 1 N–H and O–H groups in total. The predicted molar refractivity (Wildman–Crippen MR) is 110 cm³/mol. The van der Waals surface area contributed by atoms with Gasteiger partial charge in [0.05, 0.1) is 10.8 Å². The number of benzene rings is 2. The van der Waals surface area contributed by atoms with E-state index >= 15 is 0 Å². The molecule has 1 amide bonds. The number of alkyl halides is 3. The molecule has 2 heterocycles. The number of anilines is 1. The van der Waals surface area contributed by atoms with E-state index in [9.17, 15) is 18.0 Å². The summed E-state index contributed by atoms with van der Waals surface area (Å²) in [5, 5.41) is 7.85. The van der Waals surface area contributed by atoms with Gasteiger partial charge in [-0.25, -0.2) is 9.97 Å². The molecule has 0 saturated heterocycles. The van der Waals surface area contributed by atoms with Crippen LogP contribution in [-0.4, -0.2) is 37.1 Å². The van der Waals surface area contributed by atoms with Crippen LogP contribution in [0.25, 0.3) is 16.6 Å². The van der Waals surface area contributed by atoms with Gasteiger partial charge >= 0.3 is 6.36 Å². The van der Waals surface area contributed by atoms with Crippen molar-refractivity contribution in [2.75, 3.05) is 5.32 Å². The van der Waals surface area contributed by atoms with Gasteiger partial charge in [-0.15, -0.1) is 18.3 Å². The van der Waals surface area contributed by atoms with Crippen molar-refractivity contribution in [3.05, 3.63) is 54.4 Å². The molecule has 0 fully saturated rings. The molecular weight excluding hydrogens is 431 g/mol. The van der Waals surface area contributed by atoms with Crippen LogP contribution in [0, 0.1) is 6.92 Å². The minimum atomic E-state index is -4.77. The number of halogens is 3. The molecule has 1 atom stereocenters. The molecule has 7 nitrogen and oxygen atoms in total. The number of rotatable bonds is 5. The lowest BCUT2D eigenvalue weighted by atomic mass is 10.2. The third-order valence-electron chi connectivity index (χ3n) is 4.26. The number of thioether (sulfide) groups is 1. The van der Waals surface area contributed by atoms with E-state index in [1.807, 2.05) is 24.3 Å². The molecule has 2 aromatic heterocycles. The number of carbonyl (C=O) groups is 1. The van der Waals surface area contributed by atoms with Gasteiger partial charge in [0.2, 0.25) is 5.91 Å². The lowest BCUT2D eigenvalue weighted by Gasteiger charge is -2.13. The Morgan fingerprint density at radius 3 is 2.55 bits per heavy atom. The Hall–Kier alpha value is -3.34. The van der Waals surface area contributed by atoms with Crippen molar-refractivity contribution >= 4 is 39.9 Å². The van der Waals surface area contributed by atoms with Crippen molar-refractivity contribution in [2.24, 2.45) is 0 Å². The number of carbonyl (C=O) groups excluding carboxylic acids is 1. The Bertz CT molecular complexity index is 1260. The summed E-state index contributed by atoms with van der Waals surface area (Å²) in [7, 11) is 0. The average molecular weight is 447 g/mol. The second-order valence-corrected chi connectivity index (χ2v) is 7.94. The summed E-state index contributed by atoms with van der Waals surface area (Å²) in [5.74, 6) is -0.120. The van der Waals surface area contributed by atoms with Crippen molar-refractivity contribution < 1.29 is 22.7 Å². The number of nitrogens with zero attached hydrogens (tertiary/aromatic N) is 4. The van der Waals surface area contributed by atoms with Crippen LogP contribution in [0.4, 0.5) is 18.9 Å². The fourth-order valence-electron chi connectivity index (χ4n) is 2.91. The Morgan fingerprint density at radius 2 is 1.84 bits per heavy atom. The lowest BCUT2D eigenvalue weighted by molar-refractivity contribution is -0.274. The average Bonchev–Trinajstić information content (AvgIpc) is 3.10. The molecule has 2 aromatic carbocycles. The maximum atomic E-state index is 12.6. The summed E-state index contributed by atoms with van der Waals surface area (Å²) in [6.07, 6.45) is -4.77. The third kappa shape index (κ3) is 4.71. The van der Waals surface area contributed by atoms with E-state index in [4.69, 9.17) is 0 Å². The van der Waals surface area contributed by atoms with E-state index in [1.165, 1.54) is 23.9 Å². The van der Waals surface area contributed by atoms with Crippen LogP contribution in [0.5, 0.6) is 5.75 Å². The first kappa shape index (κ1) is 20.9. The molecule has 160 valence electrons. The summed E-state index contributed by atoms with van der Waals surface area (Å²) in [6.45, 7) is 3.48. The Balaban J connectivity index is 1.52. The Labute approximate surface area is 178 Å². The Morgan fingerprint density at radius 1 is 1.13 bits per heavy atom. The molecule has 0 radical (unpaired) electrons. The monoisotopic (exact) mass is 447 g/mol. The molecule has 0 aliphatic carbocycles. The van der Waals surface area contributed by atoms with Crippen molar-refractivity contribution in [3.8, 4) is 5.75 Å². The zero-order valence-corrected chi connectivity index (χ0v) is 17.2. The number of aromatic nitrogens is 4. The number of fused-ring (bicyclic) bond motifs is 3. The molecule has 1 unspecified atom stereocenters. The zero-order valence-electron chi connectivity index (χ0n) is 16.3. The smallest absolute Gasteiger partial charge is 0.406 e. The summed E-state index contributed by atoms with van der Waals surface area (Å²) < 4.78 is 42.2. The van der Waals surface area contributed by atoms with Crippen LogP contribution >= 0.6 is 11.8 Å². The fraction of sp³-hybridized carbons (Fsp3) is 0.200. The Kier molecular flexibility index (Phi) is 5.44. The first-order chi connectivity index (χ1) is 14.7. The number of hydrogen-bond donors (Lipinski definition) is 1. The molecule has 0 aliphatic rings. The molecule has 0 saturated carbocycles. The van der Waals surface area contributed by atoms with E-state index in [1.54, 1.807) is 18.4 Å². The van der Waals surface area contributed by atoms with Gasteiger partial charge in [0.1, 0.15) is 11.6 Å². The summed E-state index contributed by atoms with van der Waals surface area (Å²) >= 11 is 1.20. The normalized spacial score (nSPS) is 12.8. The van der Waals surface area contributed by atoms with Crippen molar-refractivity contribution in [1.82, 2.24) is 19.6 Å². The maximum Gasteiger partial charge on any atom is 0.573 e. The standard InChI is InChI=1S/C20H16F3N5O2S/c1-11(18(29)25-13-7-9-14(10-8-13)30-20(21,22)23)31-19-26-16-6-4-3-5-15(16)17-24-12(2)27-28(17)19/h3-11H,1-2H3,(H,25,29). The molecule has 11 heteroatoms. The summed E-state index contributed by atoms with van der Waals surface area (Å²) in [5.41, 5.74) is 1.73. The quantitative estimate of drug-likeness (QED) is 0.356. The van der Waals surface area contributed by atoms with E-state index in [0.29, 0.717) is 22.3 Å². The predicted octanol–water partition coefficient (Wildman–Crippen LogP) is 4.60. The van der Waals surface area contributed by atoms with Gasteiger partial charge in [-0.1, -0.05) is 23.9 Å². The lowest BCUT2D eigenvalue weighted by Crippen LogP contribution is -2.23. The van der Waals surface area contributed by atoms with E-state index in [0.717, 1.165) is 23.0 Å². The number of aryl methyl sites for hydroxylation is 1. The second kappa shape index (κ2) is 8.06. The van der Waals surface area contributed by atoms with Crippen molar-refractivity contribution in [2.45, 2.75) is 30.6 Å². The van der Waals surface area contributed by atoms with Gasteiger partial charge in [0.15, 0.2) is 10.8 Å². The van der Waals surface area contributed by atoms with E-state index < -0.39 is 11.6 Å². The molecule has 31 heavy (non-hydrogen) atoms. The van der Waals surface area contributed by atoms with Crippen LogP contribution in [0.3, 0.4) is 0 Å². The zero-order chi connectivity index (χ0) is 22.2. The summed E-state index contributed by atoms with van der Waals surface area (Å²) in [6, 6.07) is 12.5. The highest BCUT2D eigenvalue weighted by Gasteiger charge is 2.31. The second-order valence-electron chi connectivity index (χ2n) is 6.63. The molecule has 0 bridgehead atoms. The van der Waals surface area contributed by atoms with Crippen LogP contribution in [0.1, 0.15) is 12.7 Å². The number of para-hydroxylation sites is 1. The van der Waals surface area contributed by atoms with Gasteiger partial charge < -0.3 is 10.1 Å². The first-order valence-electron chi connectivity index (χ1n) is 9.15.